The topological polar surface area (TPSA) is 35.2 Å². The molecule has 2 fully saturated rings. The van der Waals surface area contributed by atoms with Gasteiger partial charge in [0.05, 0.1) is 12.2 Å². The first-order valence-electron chi connectivity index (χ1n) is 10.6. The zero-order valence-corrected chi connectivity index (χ0v) is 16.4. The van der Waals surface area contributed by atoms with Crippen LogP contribution in [0.25, 0.3) is 0 Å². The smallest absolute Gasteiger partial charge is 0.157 e. The molecule has 4 atom stereocenters. The molecule has 0 bridgehead atoms. The molecule has 2 saturated carbocycles. The molecule has 2 nitrogen and oxygen atoms in total. The number of halogens is 2. The highest BCUT2D eigenvalue weighted by molar-refractivity contribution is 4.83. The molecule has 2 aliphatic carbocycles. The van der Waals surface area contributed by atoms with Gasteiger partial charge in [-0.1, -0.05) is 19.8 Å². The van der Waals surface area contributed by atoms with Crippen LogP contribution in [0.1, 0.15) is 85.0 Å². The predicted octanol–water partition coefficient (Wildman–Crippen LogP) is 5.58. The van der Waals surface area contributed by atoms with Gasteiger partial charge in [0.1, 0.15) is 6.17 Å². The minimum absolute atomic E-state index is 0.00605. The lowest BCUT2D eigenvalue weighted by Crippen LogP contribution is -2.34. The summed E-state index contributed by atoms with van der Waals surface area (Å²) in [6, 6.07) is 0.434. The maximum Gasteiger partial charge on any atom is 0.157 e. The van der Waals surface area contributed by atoms with Gasteiger partial charge in [-0.2, -0.15) is 0 Å². The van der Waals surface area contributed by atoms with Crippen molar-refractivity contribution < 1.29 is 13.5 Å². The van der Waals surface area contributed by atoms with E-state index in [1.807, 2.05) is 6.92 Å². The van der Waals surface area contributed by atoms with Crippen molar-refractivity contribution in [1.29, 1.82) is 0 Å². The molecule has 0 spiro atoms. The molecular formula is C21H39F2NO. The lowest BCUT2D eigenvalue weighted by Gasteiger charge is -2.38. The zero-order valence-electron chi connectivity index (χ0n) is 16.4. The highest BCUT2D eigenvalue weighted by Gasteiger charge is 2.32. The van der Waals surface area contributed by atoms with Crippen LogP contribution >= 0.6 is 0 Å². The summed E-state index contributed by atoms with van der Waals surface area (Å²) in [5, 5.41) is 0. The quantitative estimate of drug-likeness (QED) is 0.614. The molecule has 4 heteroatoms. The van der Waals surface area contributed by atoms with Crippen molar-refractivity contribution in [2.45, 2.75) is 116 Å². The molecule has 2 N–H and O–H groups in total. The van der Waals surface area contributed by atoms with Crippen LogP contribution in [0.5, 0.6) is 0 Å². The number of hydrogen-bond acceptors (Lipinski definition) is 2. The van der Waals surface area contributed by atoms with E-state index in [4.69, 9.17) is 10.5 Å². The third-order valence-electron chi connectivity index (χ3n) is 6.67. The average Bonchev–Trinajstić information content (AvgIpc) is 2.61. The van der Waals surface area contributed by atoms with Gasteiger partial charge in [0.15, 0.2) is 6.17 Å². The van der Waals surface area contributed by atoms with Crippen LogP contribution in [-0.4, -0.2) is 30.6 Å². The molecule has 2 aliphatic rings. The number of ether oxygens (including phenoxy) is 1. The van der Waals surface area contributed by atoms with Crippen LogP contribution in [0.15, 0.2) is 0 Å². The summed E-state index contributed by atoms with van der Waals surface area (Å²) in [6.45, 7) is 5.34. The van der Waals surface area contributed by atoms with E-state index < -0.39 is 18.4 Å². The van der Waals surface area contributed by atoms with Crippen molar-refractivity contribution in [2.75, 3.05) is 0 Å². The monoisotopic (exact) mass is 359 g/mol. The van der Waals surface area contributed by atoms with Gasteiger partial charge in [-0.3, -0.25) is 0 Å². The molecule has 0 amide bonds. The third-order valence-corrected chi connectivity index (χ3v) is 6.67. The Morgan fingerprint density at radius 1 is 0.920 bits per heavy atom. The Labute approximate surface area is 153 Å². The fraction of sp³-hybridized carbons (Fsp3) is 1.00. The molecule has 2 rings (SSSR count). The van der Waals surface area contributed by atoms with Crippen molar-refractivity contribution in [3.05, 3.63) is 0 Å². The molecule has 0 aromatic carbocycles. The molecule has 0 aliphatic heterocycles. The standard InChI is InChI=1S/C21H39F2NO/c1-4-20(22)21(23)15(3)25-14(2)13-16-5-7-17(8-6-16)18-9-11-19(24)12-10-18/h14-21H,4-13,24H2,1-3H3. The van der Waals surface area contributed by atoms with E-state index >= 15 is 0 Å². The fourth-order valence-electron chi connectivity index (χ4n) is 5.00. The summed E-state index contributed by atoms with van der Waals surface area (Å²) in [4.78, 5) is 0. The minimum Gasteiger partial charge on any atom is -0.372 e. The summed E-state index contributed by atoms with van der Waals surface area (Å²) in [5.41, 5.74) is 6.03. The second-order valence-electron chi connectivity index (χ2n) is 8.71. The zero-order chi connectivity index (χ0) is 18.4. The maximum absolute atomic E-state index is 13.9. The molecule has 0 aromatic rings. The van der Waals surface area contributed by atoms with Gasteiger partial charge >= 0.3 is 0 Å². The molecule has 25 heavy (non-hydrogen) atoms. The van der Waals surface area contributed by atoms with Crippen LogP contribution in [0.3, 0.4) is 0 Å². The number of hydrogen-bond donors (Lipinski definition) is 1. The summed E-state index contributed by atoms with van der Waals surface area (Å²) in [5.74, 6) is 2.44. The lowest BCUT2D eigenvalue weighted by molar-refractivity contribution is -0.0645. The average molecular weight is 360 g/mol. The normalized spacial score (nSPS) is 35.8. The second kappa shape index (κ2) is 10.2. The van der Waals surface area contributed by atoms with Gasteiger partial charge in [-0.15, -0.1) is 0 Å². The third kappa shape index (κ3) is 6.46. The first-order valence-corrected chi connectivity index (χ1v) is 10.6. The Morgan fingerprint density at radius 3 is 1.96 bits per heavy atom. The van der Waals surface area contributed by atoms with Crippen molar-refractivity contribution >= 4 is 0 Å². The van der Waals surface area contributed by atoms with Crippen molar-refractivity contribution in [1.82, 2.24) is 0 Å². The van der Waals surface area contributed by atoms with E-state index in [0.29, 0.717) is 12.0 Å². The summed E-state index contributed by atoms with van der Waals surface area (Å²) in [7, 11) is 0. The fourth-order valence-corrected chi connectivity index (χ4v) is 5.00. The lowest BCUT2D eigenvalue weighted by atomic mass is 9.69. The molecule has 0 saturated heterocycles. The van der Waals surface area contributed by atoms with Crippen LogP contribution in [0.4, 0.5) is 8.78 Å². The molecule has 4 unspecified atom stereocenters. The van der Waals surface area contributed by atoms with E-state index in [2.05, 4.69) is 0 Å². The SMILES string of the molecule is CCC(F)C(F)C(C)OC(C)CC1CCC(C2CCC(N)CC2)CC1. The summed E-state index contributed by atoms with van der Waals surface area (Å²) < 4.78 is 33.1. The summed E-state index contributed by atoms with van der Waals surface area (Å²) in [6.07, 6.45) is 7.78. The van der Waals surface area contributed by atoms with Gasteiger partial charge < -0.3 is 10.5 Å². The Bertz CT molecular complexity index is 365. The molecule has 0 radical (unpaired) electrons. The van der Waals surface area contributed by atoms with Crippen LogP contribution < -0.4 is 5.73 Å². The Morgan fingerprint density at radius 2 is 1.44 bits per heavy atom. The van der Waals surface area contributed by atoms with Gasteiger partial charge in [0.25, 0.3) is 0 Å². The Balaban J connectivity index is 1.67. The van der Waals surface area contributed by atoms with Crippen molar-refractivity contribution in [3.63, 3.8) is 0 Å². The van der Waals surface area contributed by atoms with Crippen molar-refractivity contribution in [3.8, 4) is 0 Å². The minimum atomic E-state index is -1.51. The number of nitrogens with two attached hydrogens (primary N) is 1. The van der Waals surface area contributed by atoms with Gasteiger partial charge in [-0.25, -0.2) is 8.78 Å². The first kappa shape index (κ1) is 21.1. The van der Waals surface area contributed by atoms with Gasteiger partial charge in [0, 0.05) is 6.04 Å². The van der Waals surface area contributed by atoms with Crippen LogP contribution in [0, 0.1) is 17.8 Å². The van der Waals surface area contributed by atoms with E-state index in [1.165, 1.54) is 51.4 Å². The highest BCUT2D eigenvalue weighted by atomic mass is 19.2. The van der Waals surface area contributed by atoms with E-state index in [1.54, 1.807) is 13.8 Å². The van der Waals surface area contributed by atoms with Gasteiger partial charge in [0.2, 0.25) is 0 Å². The number of rotatable bonds is 8. The van der Waals surface area contributed by atoms with Crippen molar-refractivity contribution in [2.24, 2.45) is 23.5 Å². The predicted molar refractivity (Wildman–Crippen MR) is 100 cm³/mol. The van der Waals surface area contributed by atoms with E-state index in [-0.39, 0.29) is 12.5 Å². The number of alkyl halides is 2. The molecule has 0 aromatic heterocycles. The second-order valence-corrected chi connectivity index (χ2v) is 8.71. The molecule has 148 valence electrons. The first-order chi connectivity index (χ1) is 11.9. The van der Waals surface area contributed by atoms with Crippen LogP contribution in [-0.2, 0) is 4.74 Å². The maximum atomic E-state index is 13.9. The Kier molecular flexibility index (Phi) is 8.60. The largest absolute Gasteiger partial charge is 0.372 e. The van der Waals surface area contributed by atoms with Gasteiger partial charge in [-0.05, 0) is 83.0 Å². The van der Waals surface area contributed by atoms with E-state index in [9.17, 15) is 8.78 Å². The Hall–Kier alpha value is -0.220. The molecular weight excluding hydrogens is 320 g/mol. The van der Waals surface area contributed by atoms with E-state index in [0.717, 1.165) is 18.3 Å². The molecule has 0 heterocycles. The highest BCUT2D eigenvalue weighted by Crippen LogP contribution is 2.41. The summed E-state index contributed by atoms with van der Waals surface area (Å²) >= 11 is 0. The van der Waals surface area contributed by atoms with Crippen LogP contribution in [0.2, 0.25) is 0 Å².